The summed E-state index contributed by atoms with van der Waals surface area (Å²) < 4.78 is 25.4. The van der Waals surface area contributed by atoms with Gasteiger partial charge in [-0.05, 0) is 12.5 Å². The van der Waals surface area contributed by atoms with Crippen molar-refractivity contribution in [2.75, 3.05) is 13.6 Å². The Bertz CT molecular complexity index is 492. The lowest BCUT2D eigenvalue weighted by Crippen LogP contribution is -2.27. The van der Waals surface area contributed by atoms with E-state index in [2.05, 4.69) is 0 Å². The number of rotatable bonds is 6. The molecule has 0 spiro atoms. The fourth-order valence-electron chi connectivity index (χ4n) is 1.22. The van der Waals surface area contributed by atoms with Gasteiger partial charge in [0.1, 0.15) is 4.21 Å². The molecule has 1 aromatic heterocycles. The summed E-state index contributed by atoms with van der Waals surface area (Å²) in [6.07, 6.45) is 1.69. The number of carboxylic acids is 1. The van der Waals surface area contributed by atoms with Gasteiger partial charge in [0.25, 0.3) is 10.0 Å². The molecule has 17 heavy (non-hydrogen) atoms. The number of carboxylic acid groups (broad SMARTS) is 1. The van der Waals surface area contributed by atoms with Gasteiger partial charge in [-0.3, -0.25) is 0 Å². The average molecular weight is 277 g/mol. The zero-order valence-electron chi connectivity index (χ0n) is 9.71. The van der Waals surface area contributed by atoms with E-state index >= 15 is 0 Å². The number of hydrogen-bond donors (Lipinski definition) is 1. The molecule has 5 nitrogen and oxygen atoms in total. The number of carbonyl (C=O) groups is 1. The molecule has 0 aromatic carbocycles. The first-order valence-electron chi connectivity index (χ1n) is 5.17. The van der Waals surface area contributed by atoms with Gasteiger partial charge in [-0.1, -0.05) is 13.3 Å². The van der Waals surface area contributed by atoms with Gasteiger partial charge >= 0.3 is 5.97 Å². The number of unbranched alkanes of at least 4 members (excludes halogenated alkanes) is 1. The van der Waals surface area contributed by atoms with Crippen LogP contribution in [0.15, 0.2) is 15.7 Å². The van der Waals surface area contributed by atoms with E-state index < -0.39 is 16.0 Å². The molecule has 0 saturated heterocycles. The molecule has 0 amide bonds. The van der Waals surface area contributed by atoms with Crippen molar-refractivity contribution in [1.82, 2.24) is 4.31 Å². The second-order valence-electron chi connectivity index (χ2n) is 3.64. The summed E-state index contributed by atoms with van der Waals surface area (Å²) in [6.45, 7) is 2.42. The summed E-state index contributed by atoms with van der Waals surface area (Å²) in [4.78, 5) is 10.7. The summed E-state index contributed by atoms with van der Waals surface area (Å²) in [7, 11) is -2.03. The average Bonchev–Trinajstić information content (AvgIpc) is 2.75. The van der Waals surface area contributed by atoms with Gasteiger partial charge < -0.3 is 5.11 Å². The predicted molar refractivity (Wildman–Crippen MR) is 66.0 cm³/mol. The van der Waals surface area contributed by atoms with Crippen LogP contribution >= 0.6 is 11.3 Å². The van der Waals surface area contributed by atoms with E-state index in [4.69, 9.17) is 5.11 Å². The minimum atomic E-state index is -3.54. The van der Waals surface area contributed by atoms with Crippen molar-refractivity contribution in [2.24, 2.45) is 0 Å². The third-order valence-corrected chi connectivity index (χ3v) is 5.59. The van der Waals surface area contributed by atoms with Gasteiger partial charge in [0, 0.05) is 19.0 Å². The Labute approximate surface area is 105 Å². The van der Waals surface area contributed by atoms with Crippen molar-refractivity contribution in [3.63, 3.8) is 0 Å². The molecule has 0 atom stereocenters. The van der Waals surface area contributed by atoms with E-state index in [1.165, 1.54) is 22.8 Å². The lowest BCUT2D eigenvalue weighted by atomic mass is 10.3. The molecule has 0 aliphatic rings. The quantitative estimate of drug-likeness (QED) is 0.861. The lowest BCUT2D eigenvalue weighted by Gasteiger charge is -2.15. The van der Waals surface area contributed by atoms with Crippen molar-refractivity contribution >= 4 is 27.3 Å². The Kier molecular flexibility index (Phi) is 4.67. The van der Waals surface area contributed by atoms with Crippen LogP contribution in [0.1, 0.15) is 30.1 Å². The Morgan fingerprint density at radius 3 is 2.65 bits per heavy atom. The van der Waals surface area contributed by atoms with E-state index in [-0.39, 0.29) is 9.77 Å². The van der Waals surface area contributed by atoms with Crippen molar-refractivity contribution in [2.45, 2.75) is 24.0 Å². The highest BCUT2D eigenvalue weighted by Gasteiger charge is 2.23. The molecule has 1 heterocycles. The minimum absolute atomic E-state index is 0.0115. The molecule has 1 N–H and O–H groups in total. The largest absolute Gasteiger partial charge is 0.478 e. The van der Waals surface area contributed by atoms with Crippen LogP contribution in [0.5, 0.6) is 0 Å². The van der Waals surface area contributed by atoms with E-state index in [9.17, 15) is 13.2 Å². The third kappa shape index (κ3) is 3.27. The van der Waals surface area contributed by atoms with Crippen LogP contribution in [-0.4, -0.2) is 37.4 Å². The molecule has 0 saturated carbocycles. The van der Waals surface area contributed by atoms with Crippen molar-refractivity contribution in [1.29, 1.82) is 0 Å². The van der Waals surface area contributed by atoms with E-state index in [1.807, 2.05) is 6.92 Å². The summed E-state index contributed by atoms with van der Waals surface area (Å²) in [5.41, 5.74) is 0.0115. The third-order valence-electron chi connectivity index (χ3n) is 2.31. The molecule has 0 unspecified atom stereocenters. The van der Waals surface area contributed by atoms with Crippen molar-refractivity contribution in [3.05, 3.63) is 17.0 Å². The van der Waals surface area contributed by atoms with Crippen LogP contribution in [0, 0.1) is 0 Å². The van der Waals surface area contributed by atoms with E-state index in [0.29, 0.717) is 6.54 Å². The number of thiophene rings is 1. The molecule has 96 valence electrons. The fraction of sp³-hybridized carbons (Fsp3) is 0.500. The fourth-order valence-corrected chi connectivity index (χ4v) is 3.79. The van der Waals surface area contributed by atoms with Gasteiger partial charge in [0.05, 0.1) is 5.56 Å². The molecule has 1 rings (SSSR count). The monoisotopic (exact) mass is 277 g/mol. The lowest BCUT2D eigenvalue weighted by molar-refractivity contribution is 0.0697. The molecule has 7 heteroatoms. The maximum absolute atomic E-state index is 12.0. The number of hydrogen-bond acceptors (Lipinski definition) is 4. The smallest absolute Gasteiger partial charge is 0.336 e. The van der Waals surface area contributed by atoms with Crippen LogP contribution in [0.2, 0.25) is 0 Å². The molecule has 0 aliphatic carbocycles. The van der Waals surface area contributed by atoms with Gasteiger partial charge in [0.15, 0.2) is 0 Å². The topological polar surface area (TPSA) is 74.7 Å². The van der Waals surface area contributed by atoms with Crippen LogP contribution in [0.3, 0.4) is 0 Å². The Morgan fingerprint density at radius 2 is 2.18 bits per heavy atom. The van der Waals surface area contributed by atoms with Crippen molar-refractivity contribution < 1.29 is 18.3 Å². The molecule has 0 radical (unpaired) electrons. The maximum atomic E-state index is 12.0. The summed E-state index contributed by atoms with van der Waals surface area (Å²) >= 11 is 0.936. The normalized spacial score (nSPS) is 11.9. The highest BCUT2D eigenvalue weighted by Crippen LogP contribution is 2.23. The first kappa shape index (κ1) is 14.1. The Morgan fingerprint density at radius 1 is 1.53 bits per heavy atom. The summed E-state index contributed by atoms with van der Waals surface area (Å²) in [6, 6.07) is 1.20. The molecule has 1 aromatic rings. The molecule has 0 fully saturated rings. The molecule has 0 aliphatic heterocycles. The number of sulfonamides is 1. The molecular formula is C10H15NO4S2. The second-order valence-corrected chi connectivity index (χ2v) is 6.82. The highest BCUT2D eigenvalue weighted by atomic mass is 32.2. The van der Waals surface area contributed by atoms with Crippen LogP contribution in [-0.2, 0) is 10.0 Å². The Hall–Kier alpha value is -0.920. The summed E-state index contributed by atoms with van der Waals surface area (Å²) in [5.74, 6) is -1.11. The first-order chi connectivity index (χ1) is 7.89. The van der Waals surface area contributed by atoms with E-state index in [0.717, 1.165) is 24.2 Å². The van der Waals surface area contributed by atoms with Crippen LogP contribution < -0.4 is 0 Å². The first-order valence-corrected chi connectivity index (χ1v) is 7.49. The van der Waals surface area contributed by atoms with Gasteiger partial charge in [-0.25, -0.2) is 17.5 Å². The maximum Gasteiger partial charge on any atom is 0.336 e. The Balaban J connectivity index is 2.92. The standard InChI is InChI=1S/C10H15NO4S2/c1-3-4-5-11(2)17(14,15)9-6-8(7-16-9)10(12)13/h6-7H,3-5H2,1-2H3,(H,12,13). The SMILES string of the molecule is CCCCN(C)S(=O)(=O)c1cc(C(=O)O)cs1. The molecule has 0 bridgehead atoms. The van der Waals surface area contributed by atoms with E-state index in [1.54, 1.807) is 0 Å². The summed E-state index contributed by atoms with van der Waals surface area (Å²) in [5, 5.41) is 10.1. The number of aromatic carboxylic acids is 1. The van der Waals surface area contributed by atoms with Gasteiger partial charge in [0.2, 0.25) is 0 Å². The zero-order valence-corrected chi connectivity index (χ0v) is 11.3. The van der Waals surface area contributed by atoms with Crippen molar-refractivity contribution in [3.8, 4) is 0 Å². The van der Waals surface area contributed by atoms with Crippen LogP contribution in [0.4, 0.5) is 0 Å². The van der Waals surface area contributed by atoms with Gasteiger partial charge in [-0.15, -0.1) is 11.3 Å². The molecular weight excluding hydrogens is 262 g/mol. The van der Waals surface area contributed by atoms with Gasteiger partial charge in [-0.2, -0.15) is 0 Å². The highest BCUT2D eigenvalue weighted by molar-refractivity contribution is 7.91. The second kappa shape index (κ2) is 5.61. The predicted octanol–water partition coefficient (Wildman–Crippen LogP) is 1.87. The zero-order chi connectivity index (χ0) is 13.1. The minimum Gasteiger partial charge on any atom is -0.478 e. The number of nitrogens with zero attached hydrogens (tertiary/aromatic N) is 1. The van der Waals surface area contributed by atoms with Crippen LogP contribution in [0.25, 0.3) is 0 Å².